The van der Waals surface area contributed by atoms with Crippen molar-refractivity contribution < 1.29 is 13.9 Å². The molecule has 0 saturated heterocycles. The van der Waals surface area contributed by atoms with Gasteiger partial charge in [0, 0.05) is 18.3 Å². The highest BCUT2D eigenvalue weighted by atomic mass is 32.1. The van der Waals surface area contributed by atoms with E-state index in [1.807, 2.05) is 48.5 Å². The number of pyridine rings is 1. The molecule has 3 heterocycles. The Hall–Kier alpha value is -3.56. The van der Waals surface area contributed by atoms with Gasteiger partial charge in [0.15, 0.2) is 11.3 Å². The van der Waals surface area contributed by atoms with Gasteiger partial charge in [-0.3, -0.25) is 4.79 Å². The van der Waals surface area contributed by atoms with Crippen LogP contribution in [0.3, 0.4) is 0 Å². The first-order valence-corrected chi connectivity index (χ1v) is 10.1. The highest BCUT2D eigenvalue weighted by Crippen LogP contribution is 2.31. The molecule has 5 aromatic rings. The average molecular weight is 435 g/mol. The van der Waals surface area contributed by atoms with E-state index in [-0.39, 0.29) is 15.9 Å². The SMILES string of the molecule is COc1ccnc2c(=O)n(-c3nc4ccc(Oc5ccccc5)cc4s3)c(=S)oc12. The van der Waals surface area contributed by atoms with Crippen LogP contribution in [-0.2, 0) is 0 Å². The van der Waals surface area contributed by atoms with Crippen molar-refractivity contribution in [1.29, 1.82) is 0 Å². The standard InChI is InChI=1S/C21H13N3O4S2/c1-26-15-9-10-22-17-18(15)28-21(29)24(19(17)25)20-23-14-8-7-13(11-16(14)30-20)27-12-5-3-2-4-6-12/h2-11H,1H3. The summed E-state index contributed by atoms with van der Waals surface area (Å²) < 4.78 is 18.9. The first kappa shape index (κ1) is 18.5. The Morgan fingerprint density at radius 1 is 1.10 bits per heavy atom. The topological polar surface area (TPSA) is 79.4 Å². The molecule has 0 N–H and O–H groups in total. The molecule has 3 aromatic heterocycles. The zero-order valence-electron chi connectivity index (χ0n) is 15.6. The van der Waals surface area contributed by atoms with Gasteiger partial charge in [-0.25, -0.2) is 14.5 Å². The molecule has 30 heavy (non-hydrogen) atoms. The van der Waals surface area contributed by atoms with Gasteiger partial charge in [0.2, 0.25) is 10.7 Å². The Balaban J connectivity index is 1.62. The second-order valence-corrected chi connectivity index (χ2v) is 7.60. The molecular weight excluding hydrogens is 422 g/mol. The second-order valence-electron chi connectivity index (χ2n) is 6.24. The summed E-state index contributed by atoms with van der Waals surface area (Å²) in [5.74, 6) is 1.80. The molecule has 0 unspecified atom stereocenters. The average Bonchev–Trinajstić information content (AvgIpc) is 3.17. The molecule has 0 saturated carbocycles. The Morgan fingerprint density at radius 2 is 1.93 bits per heavy atom. The van der Waals surface area contributed by atoms with Crippen LogP contribution < -0.4 is 15.0 Å². The fourth-order valence-electron chi connectivity index (χ4n) is 3.01. The van der Waals surface area contributed by atoms with Crippen molar-refractivity contribution in [3.05, 3.63) is 76.0 Å². The van der Waals surface area contributed by atoms with E-state index in [1.165, 1.54) is 29.2 Å². The van der Waals surface area contributed by atoms with Crippen LogP contribution in [-0.4, -0.2) is 21.6 Å². The number of hydrogen-bond acceptors (Lipinski definition) is 8. The van der Waals surface area contributed by atoms with E-state index in [1.54, 1.807) is 6.07 Å². The van der Waals surface area contributed by atoms with Crippen molar-refractivity contribution in [2.24, 2.45) is 0 Å². The van der Waals surface area contributed by atoms with Crippen LogP contribution in [0.15, 0.2) is 70.0 Å². The number of fused-ring (bicyclic) bond motifs is 2. The maximum Gasteiger partial charge on any atom is 0.290 e. The lowest BCUT2D eigenvalue weighted by molar-refractivity contribution is 0.404. The maximum absolute atomic E-state index is 13.1. The fourth-order valence-corrected chi connectivity index (χ4v) is 4.31. The summed E-state index contributed by atoms with van der Waals surface area (Å²) in [6.45, 7) is 0. The normalized spacial score (nSPS) is 11.1. The Kier molecular flexibility index (Phi) is 4.53. The molecule has 0 aliphatic rings. The molecule has 0 aliphatic carbocycles. The van der Waals surface area contributed by atoms with Crippen LogP contribution >= 0.6 is 23.6 Å². The lowest BCUT2D eigenvalue weighted by atomic mass is 10.3. The maximum atomic E-state index is 13.1. The van der Waals surface area contributed by atoms with Gasteiger partial charge in [-0.05, 0) is 36.5 Å². The number of methoxy groups -OCH3 is 1. The molecule has 7 nitrogen and oxygen atoms in total. The van der Waals surface area contributed by atoms with Crippen LogP contribution in [0.1, 0.15) is 0 Å². The van der Waals surface area contributed by atoms with Gasteiger partial charge in [-0.2, -0.15) is 0 Å². The van der Waals surface area contributed by atoms with Gasteiger partial charge in [0.1, 0.15) is 11.5 Å². The number of benzene rings is 2. The van der Waals surface area contributed by atoms with Crippen LogP contribution in [0, 0.1) is 4.84 Å². The van der Waals surface area contributed by atoms with E-state index in [0.717, 1.165) is 16.0 Å². The number of rotatable bonds is 4. The largest absolute Gasteiger partial charge is 0.493 e. The van der Waals surface area contributed by atoms with E-state index < -0.39 is 5.56 Å². The van der Waals surface area contributed by atoms with Crippen LogP contribution in [0.4, 0.5) is 0 Å². The van der Waals surface area contributed by atoms with Gasteiger partial charge < -0.3 is 13.9 Å². The Morgan fingerprint density at radius 3 is 2.73 bits per heavy atom. The molecule has 148 valence electrons. The predicted molar refractivity (Wildman–Crippen MR) is 117 cm³/mol. The third-order valence-electron chi connectivity index (χ3n) is 4.38. The first-order chi connectivity index (χ1) is 14.6. The summed E-state index contributed by atoms with van der Waals surface area (Å²) in [6, 6.07) is 16.6. The number of thiazole rings is 1. The number of aromatic nitrogens is 3. The van der Waals surface area contributed by atoms with E-state index >= 15 is 0 Å². The van der Waals surface area contributed by atoms with E-state index in [0.29, 0.717) is 16.6 Å². The molecule has 0 amide bonds. The Labute approximate surface area is 178 Å². The fraction of sp³-hybridized carbons (Fsp3) is 0.0476. The molecule has 0 spiro atoms. The van der Waals surface area contributed by atoms with Gasteiger partial charge in [0.05, 0.1) is 17.3 Å². The lowest BCUT2D eigenvalue weighted by Crippen LogP contribution is -2.20. The minimum absolute atomic E-state index is 0.0291. The van der Waals surface area contributed by atoms with E-state index in [2.05, 4.69) is 9.97 Å². The zero-order chi connectivity index (χ0) is 20.7. The molecule has 0 bridgehead atoms. The smallest absolute Gasteiger partial charge is 0.290 e. The summed E-state index contributed by atoms with van der Waals surface area (Å²) in [6.07, 6.45) is 1.48. The highest BCUT2D eigenvalue weighted by Gasteiger charge is 2.17. The zero-order valence-corrected chi connectivity index (χ0v) is 17.2. The molecule has 5 rings (SSSR count). The molecule has 0 atom stereocenters. The van der Waals surface area contributed by atoms with Crippen molar-refractivity contribution in [2.75, 3.05) is 7.11 Å². The van der Waals surface area contributed by atoms with Crippen molar-refractivity contribution >= 4 is 44.9 Å². The summed E-state index contributed by atoms with van der Waals surface area (Å²) in [4.78, 5) is 21.7. The number of ether oxygens (including phenoxy) is 2. The third-order valence-corrected chi connectivity index (χ3v) is 5.65. The van der Waals surface area contributed by atoms with E-state index in [4.69, 9.17) is 26.1 Å². The minimum atomic E-state index is -0.417. The summed E-state index contributed by atoms with van der Waals surface area (Å²) in [7, 11) is 1.49. The van der Waals surface area contributed by atoms with Crippen molar-refractivity contribution in [3.63, 3.8) is 0 Å². The minimum Gasteiger partial charge on any atom is -0.493 e. The second kappa shape index (κ2) is 7.36. The summed E-state index contributed by atoms with van der Waals surface area (Å²) in [5.41, 5.74) is 0.636. The van der Waals surface area contributed by atoms with Gasteiger partial charge in [-0.1, -0.05) is 29.5 Å². The summed E-state index contributed by atoms with van der Waals surface area (Å²) >= 11 is 6.64. The number of hydrogen-bond donors (Lipinski definition) is 0. The quantitative estimate of drug-likeness (QED) is 0.363. The monoisotopic (exact) mass is 435 g/mol. The van der Waals surface area contributed by atoms with Crippen molar-refractivity contribution in [3.8, 4) is 22.4 Å². The molecule has 0 radical (unpaired) electrons. The first-order valence-electron chi connectivity index (χ1n) is 8.87. The van der Waals surface area contributed by atoms with Gasteiger partial charge in [0.25, 0.3) is 10.4 Å². The molecule has 9 heteroatoms. The number of nitrogens with zero attached hydrogens (tertiary/aromatic N) is 3. The summed E-state index contributed by atoms with van der Waals surface area (Å²) in [5, 5.41) is 0.395. The van der Waals surface area contributed by atoms with Crippen LogP contribution in [0.25, 0.3) is 26.4 Å². The van der Waals surface area contributed by atoms with Crippen molar-refractivity contribution in [2.45, 2.75) is 0 Å². The van der Waals surface area contributed by atoms with Gasteiger partial charge in [-0.15, -0.1) is 0 Å². The van der Waals surface area contributed by atoms with Crippen molar-refractivity contribution in [1.82, 2.24) is 14.5 Å². The predicted octanol–water partition coefficient (Wildman–Crippen LogP) is 5.12. The van der Waals surface area contributed by atoms with Crippen LogP contribution in [0.5, 0.6) is 17.2 Å². The molecule has 0 aliphatic heterocycles. The highest BCUT2D eigenvalue weighted by molar-refractivity contribution is 7.71. The van der Waals surface area contributed by atoms with Gasteiger partial charge >= 0.3 is 0 Å². The molecule has 0 fully saturated rings. The van der Waals surface area contributed by atoms with E-state index in [9.17, 15) is 4.79 Å². The number of para-hydroxylation sites is 1. The molecule has 2 aromatic carbocycles. The lowest BCUT2D eigenvalue weighted by Gasteiger charge is -2.05. The Bertz CT molecular complexity index is 1510. The third kappa shape index (κ3) is 3.14. The van der Waals surface area contributed by atoms with Crippen LogP contribution in [0.2, 0.25) is 0 Å². The molecular formula is C21H13N3O4S2.